The lowest BCUT2D eigenvalue weighted by Gasteiger charge is -2.29. The molecule has 0 radical (unpaired) electrons. The highest BCUT2D eigenvalue weighted by molar-refractivity contribution is 5.52. The molecule has 0 saturated carbocycles. The van der Waals surface area contributed by atoms with Crippen LogP contribution >= 0.6 is 0 Å². The first-order chi connectivity index (χ1) is 9.02. The lowest BCUT2D eigenvalue weighted by atomic mass is 10.0. The lowest BCUT2D eigenvalue weighted by Crippen LogP contribution is -2.29. The summed E-state index contributed by atoms with van der Waals surface area (Å²) in [5.41, 5.74) is 5.80. The zero-order valence-corrected chi connectivity index (χ0v) is 10.8. The molecule has 0 bridgehead atoms. The Balaban J connectivity index is 2.31. The third-order valence-electron chi connectivity index (χ3n) is 3.53. The second-order valence-corrected chi connectivity index (χ2v) is 4.93. The summed E-state index contributed by atoms with van der Waals surface area (Å²) in [6, 6.07) is 4.63. The molecule has 1 heterocycles. The van der Waals surface area contributed by atoms with Crippen LogP contribution in [0, 0.1) is 0 Å². The number of alkyl halides is 3. The summed E-state index contributed by atoms with van der Waals surface area (Å²) in [5, 5.41) is 0. The summed E-state index contributed by atoms with van der Waals surface area (Å²) >= 11 is 0. The Morgan fingerprint density at radius 3 is 2.37 bits per heavy atom. The zero-order valence-electron chi connectivity index (χ0n) is 10.8. The molecule has 1 fully saturated rings. The molecule has 1 aliphatic heterocycles. The first-order valence-corrected chi connectivity index (χ1v) is 6.67. The predicted octanol–water partition coefficient (Wildman–Crippen LogP) is 3.20. The van der Waals surface area contributed by atoms with Gasteiger partial charge in [-0.1, -0.05) is 6.07 Å². The monoisotopic (exact) mass is 272 g/mol. The minimum Gasteiger partial charge on any atom is -0.372 e. The second kappa shape index (κ2) is 5.82. The van der Waals surface area contributed by atoms with E-state index in [-0.39, 0.29) is 18.5 Å². The molecular weight excluding hydrogens is 253 g/mol. The molecule has 2 rings (SSSR count). The van der Waals surface area contributed by atoms with Gasteiger partial charge in [-0.05, 0) is 49.9 Å². The highest BCUT2D eigenvalue weighted by Crippen LogP contribution is 2.35. The molecule has 106 valence electrons. The van der Waals surface area contributed by atoms with E-state index in [1.165, 1.54) is 6.07 Å². The number of hydrogen-bond donors (Lipinski definition) is 1. The van der Waals surface area contributed by atoms with Gasteiger partial charge in [0.2, 0.25) is 0 Å². The van der Waals surface area contributed by atoms with Crippen molar-refractivity contribution in [3.8, 4) is 0 Å². The Hall–Kier alpha value is -1.23. The summed E-state index contributed by atoms with van der Waals surface area (Å²) in [6.45, 7) is 1.91. The number of halogens is 3. The molecule has 1 saturated heterocycles. The fourth-order valence-electron chi connectivity index (χ4n) is 2.55. The molecule has 0 spiro atoms. The zero-order chi connectivity index (χ0) is 13.9. The van der Waals surface area contributed by atoms with E-state index in [9.17, 15) is 13.2 Å². The van der Waals surface area contributed by atoms with E-state index in [0.717, 1.165) is 32.4 Å². The summed E-state index contributed by atoms with van der Waals surface area (Å²) in [6.07, 6.45) is -0.795. The van der Waals surface area contributed by atoms with Gasteiger partial charge in [0.15, 0.2) is 0 Å². The van der Waals surface area contributed by atoms with Gasteiger partial charge >= 0.3 is 6.18 Å². The number of hydrogen-bond acceptors (Lipinski definition) is 2. The SMILES string of the molecule is NCCc1ccc(N2CCCCC2)cc1C(F)(F)F. The average Bonchev–Trinajstić information content (AvgIpc) is 2.39. The normalized spacial score (nSPS) is 16.7. The van der Waals surface area contributed by atoms with E-state index < -0.39 is 11.7 Å². The maximum atomic E-state index is 13.1. The minimum atomic E-state index is -4.31. The first-order valence-electron chi connectivity index (χ1n) is 6.67. The maximum absolute atomic E-state index is 13.1. The van der Waals surface area contributed by atoms with E-state index in [1.54, 1.807) is 12.1 Å². The quantitative estimate of drug-likeness (QED) is 0.915. The van der Waals surface area contributed by atoms with Gasteiger partial charge in [0, 0.05) is 18.8 Å². The van der Waals surface area contributed by atoms with Crippen LogP contribution in [0.4, 0.5) is 18.9 Å². The predicted molar refractivity (Wildman–Crippen MR) is 70.3 cm³/mol. The Labute approximate surface area is 111 Å². The van der Waals surface area contributed by atoms with Crippen molar-refractivity contribution in [2.24, 2.45) is 5.73 Å². The van der Waals surface area contributed by atoms with Crippen molar-refractivity contribution in [2.75, 3.05) is 24.5 Å². The summed E-state index contributed by atoms with van der Waals surface area (Å²) in [5.74, 6) is 0. The Kier molecular flexibility index (Phi) is 4.34. The van der Waals surface area contributed by atoms with Crippen LogP contribution in [0.5, 0.6) is 0 Å². The average molecular weight is 272 g/mol. The fourth-order valence-corrected chi connectivity index (χ4v) is 2.55. The van der Waals surface area contributed by atoms with Crippen LogP contribution in [0.25, 0.3) is 0 Å². The van der Waals surface area contributed by atoms with Crippen molar-refractivity contribution >= 4 is 5.69 Å². The van der Waals surface area contributed by atoms with Crippen LogP contribution in [0.1, 0.15) is 30.4 Å². The lowest BCUT2D eigenvalue weighted by molar-refractivity contribution is -0.138. The van der Waals surface area contributed by atoms with Gasteiger partial charge in [-0.3, -0.25) is 0 Å². The standard InChI is InChI=1S/C14H19F3N2/c15-14(16,17)13-10-12(5-4-11(13)6-7-18)19-8-2-1-3-9-19/h4-5,10H,1-3,6-9,18H2. The van der Waals surface area contributed by atoms with E-state index in [1.807, 2.05) is 4.90 Å². The Morgan fingerprint density at radius 1 is 1.11 bits per heavy atom. The number of nitrogens with two attached hydrogens (primary N) is 1. The highest BCUT2D eigenvalue weighted by Gasteiger charge is 2.33. The topological polar surface area (TPSA) is 29.3 Å². The van der Waals surface area contributed by atoms with Crippen molar-refractivity contribution < 1.29 is 13.2 Å². The first kappa shape index (κ1) is 14.2. The van der Waals surface area contributed by atoms with Gasteiger partial charge in [0.1, 0.15) is 0 Å². The summed E-state index contributed by atoms with van der Waals surface area (Å²) in [4.78, 5) is 2.03. The number of rotatable bonds is 3. The molecule has 1 aromatic carbocycles. The Bertz CT molecular complexity index is 423. The number of piperidine rings is 1. The second-order valence-electron chi connectivity index (χ2n) is 4.93. The van der Waals surface area contributed by atoms with Crippen LogP contribution in [0.3, 0.4) is 0 Å². The number of benzene rings is 1. The molecule has 0 aromatic heterocycles. The molecule has 1 aliphatic rings. The van der Waals surface area contributed by atoms with E-state index in [4.69, 9.17) is 5.73 Å². The molecule has 0 aliphatic carbocycles. The van der Waals surface area contributed by atoms with Gasteiger partial charge < -0.3 is 10.6 Å². The van der Waals surface area contributed by atoms with Crippen LogP contribution in [0.15, 0.2) is 18.2 Å². The van der Waals surface area contributed by atoms with Crippen molar-refractivity contribution in [1.82, 2.24) is 0 Å². The molecular formula is C14H19F3N2. The van der Waals surface area contributed by atoms with Crippen LogP contribution in [-0.2, 0) is 12.6 Å². The smallest absolute Gasteiger partial charge is 0.372 e. The molecule has 2 N–H and O–H groups in total. The van der Waals surface area contributed by atoms with Crippen molar-refractivity contribution in [1.29, 1.82) is 0 Å². The molecule has 0 amide bonds. The summed E-state index contributed by atoms with van der Waals surface area (Å²) < 4.78 is 39.2. The molecule has 0 atom stereocenters. The van der Waals surface area contributed by atoms with Crippen molar-refractivity contribution in [3.63, 3.8) is 0 Å². The van der Waals surface area contributed by atoms with Crippen LogP contribution < -0.4 is 10.6 Å². The van der Waals surface area contributed by atoms with Gasteiger partial charge in [0.05, 0.1) is 5.56 Å². The largest absolute Gasteiger partial charge is 0.416 e. The van der Waals surface area contributed by atoms with Gasteiger partial charge in [-0.25, -0.2) is 0 Å². The highest BCUT2D eigenvalue weighted by atomic mass is 19.4. The van der Waals surface area contributed by atoms with Crippen LogP contribution in [0.2, 0.25) is 0 Å². The molecule has 1 aromatic rings. The number of nitrogens with zero attached hydrogens (tertiary/aromatic N) is 1. The fraction of sp³-hybridized carbons (Fsp3) is 0.571. The molecule has 0 unspecified atom stereocenters. The van der Waals surface area contributed by atoms with Crippen molar-refractivity contribution in [2.45, 2.75) is 31.9 Å². The maximum Gasteiger partial charge on any atom is 0.416 e. The van der Waals surface area contributed by atoms with Gasteiger partial charge in [-0.15, -0.1) is 0 Å². The van der Waals surface area contributed by atoms with Gasteiger partial charge in [0.25, 0.3) is 0 Å². The molecule has 2 nitrogen and oxygen atoms in total. The van der Waals surface area contributed by atoms with E-state index >= 15 is 0 Å². The van der Waals surface area contributed by atoms with Crippen molar-refractivity contribution in [3.05, 3.63) is 29.3 Å². The van der Waals surface area contributed by atoms with Gasteiger partial charge in [-0.2, -0.15) is 13.2 Å². The third kappa shape index (κ3) is 3.41. The third-order valence-corrected chi connectivity index (χ3v) is 3.53. The minimum absolute atomic E-state index is 0.228. The molecule has 19 heavy (non-hydrogen) atoms. The van der Waals surface area contributed by atoms with Crippen LogP contribution in [-0.4, -0.2) is 19.6 Å². The summed E-state index contributed by atoms with van der Waals surface area (Å²) in [7, 11) is 0. The molecule has 5 heteroatoms. The van der Waals surface area contributed by atoms with E-state index in [0.29, 0.717) is 5.69 Å². The van der Waals surface area contributed by atoms with E-state index in [2.05, 4.69) is 0 Å². The Morgan fingerprint density at radius 2 is 1.79 bits per heavy atom. The number of anilines is 1.